The van der Waals surface area contributed by atoms with Gasteiger partial charge in [0.2, 0.25) is 0 Å². The van der Waals surface area contributed by atoms with Gasteiger partial charge in [-0.05, 0) is 19.8 Å². The number of amidine groups is 1. The van der Waals surface area contributed by atoms with Crippen LogP contribution >= 0.6 is 0 Å². The fourth-order valence-corrected chi connectivity index (χ4v) is 1.80. The summed E-state index contributed by atoms with van der Waals surface area (Å²) in [7, 11) is 0. The Hall–Kier alpha value is -1.02. The molecule has 106 valence electrons. The van der Waals surface area contributed by atoms with Gasteiger partial charge in [0.15, 0.2) is 5.84 Å². The lowest BCUT2D eigenvalue weighted by molar-refractivity contribution is -0.156. The molecule has 4 N–H and O–H groups in total. The number of hydrogen-bond donors (Lipinski definition) is 3. The Labute approximate surface area is 103 Å². The summed E-state index contributed by atoms with van der Waals surface area (Å²) in [6, 6.07) is 0. The molecule has 1 aliphatic heterocycles. The van der Waals surface area contributed by atoms with Crippen LogP contribution in [0.2, 0.25) is 0 Å². The third-order valence-electron chi connectivity index (χ3n) is 3.20. The van der Waals surface area contributed by atoms with Crippen LogP contribution in [0.1, 0.15) is 19.8 Å². The van der Waals surface area contributed by atoms with E-state index in [-0.39, 0.29) is 0 Å². The number of nitrogens with two attached hydrogens (primary N) is 1. The van der Waals surface area contributed by atoms with Gasteiger partial charge in [0.05, 0.1) is 0 Å². The summed E-state index contributed by atoms with van der Waals surface area (Å²) in [5, 5.41) is 13.7. The molecule has 0 spiro atoms. The molecule has 1 aliphatic rings. The molecule has 0 aromatic carbocycles. The molecular formula is C10H18F3N3O2. The Morgan fingerprint density at radius 3 is 2.50 bits per heavy atom. The molecule has 0 saturated carbocycles. The molecule has 1 atom stereocenters. The first-order valence-electron chi connectivity index (χ1n) is 5.65. The number of nitrogens with one attached hydrogen (secondary N) is 1. The Bertz CT molecular complexity index is 301. The van der Waals surface area contributed by atoms with Crippen LogP contribution in [-0.4, -0.2) is 42.5 Å². The van der Waals surface area contributed by atoms with E-state index in [9.17, 15) is 13.2 Å². The van der Waals surface area contributed by atoms with Crippen LogP contribution in [0.5, 0.6) is 0 Å². The number of hydrogen-bond acceptors (Lipinski definition) is 4. The second-order valence-electron chi connectivity index (χ2n) is 4.67. The summed E-state index contributed by atoms with van der Waals surface area (Å²) >= 11 is 0. The second kappa shape index (κ2) is 5.75. The minimum absolute atomic E-state index is 0.405. The number of oxime groups is 1. The van der Waals surface area contributed by atoms with Crippen molar-refractivity contribution in [3.05, 3.63) is 0 Å². The lowest BCUT2D eigenvalue weighted by atomic mass is 9.91. The van der Waals surface area contributed by atoms with Crippen LogP contribution in [0, 0.1) is 5.92 Å². The van der Waals surface area contributed by atoms with E-state index in [0.717, 1.165) is 0 Å². The molecule has 1 saturated heterocycles. The molecule has 8 heteroatoms. The van der Waals surface area contributed by atoms with Crippen LogP contribution in [0.25, 0.3) is 0 Å². The first kappa shape index (κ1) is 15.0. The van der Waals surface area contributed by atoms with E-state index >= 15 is 0 Å². The van der Waals surface area contributed by atoms with E-state index < -0.39 is 30.0 Å². The first-order chi connectivity index (χ1) is 8.28. The molecular weight excluding hydrogens is 251 g/mol. The van der Waals surface area contributed by atoms with Gasteiger partial charge in [-0.15, -0.1) is 0 Å². The van der Waals surface area contributed by atoms with E-state index in [0.29, 0.717) is 26.1 Å². The maximum atomic E-state index is 12.7. The van der Waals surface area contributed by atoms with Gasteiger partial charge in [-0.1, -0.05) is 5.16 Å². The summed E-state index contributed by atoms with van der Waals surface area (Å²) in [4.78, 5) is 0. The van der Waals surface area contributed by atoms with Crippen molar-refractivity contribution >= 4 is 5.84 Å². The third kappa shape index (κ3) is 4.02. The predicted molar refractivity (Wildman–Crippen MR) is 59.4 cm³/mol. The number of rotatable bonds is 4. The molecule has 1 rings (SSSR count). The van der Waals surface area contributed by atoms with Gasteiger partial charge < -0.3 is 21.0 Å². The maximum absolute atomic E-state index is 12.7. The normalized spacial score (nSPS) is 22.8. The lowest BCUT2D eigenvalue weighted by Crippen LogP contribution is -2.52. The quantitative estimate of drug-likeness (QED) is 0.309. The Morgan fingerprint density at radius 1 is 1.50 bits per heavy atom. The number of halogens is 3. The monoisotopic (exact) mass is 269 g/mol. The van der Waals surface area contributed by atoms with Crippen LogP contribution in [0.15, 0.2) is 5.16 Å². The minimum atomic E-state index is -4.54. The van der Waals surface area contributed by atoms with Gasteiger partial charge in [-0.25, -0.2) is 0 Å². The molecule has 1 unspecified atom stereocenters. The molecule has 0 amide bonds. The molecule has 1 heterocycles. The molecule has 1 fully saturated rings. The Morgan fingerprint density at radius 2 is 2.06 bits per heavy atom. The summed E-state index contributed by atoms with van der Waals surface area (Å²) in [5.74, 6) is -2.81. The fourth-order valence-electron chi connectivity index (χ4n) is 1.80. The average molecular weight is 269 g/mol. The maximum Gasteiger partial charge on any atom is 0.400 e. The van der Waals surface area contributed by atoms with Crippen molar-refractivity contribution in [2.75, 3.05) is 19.8 Å². The molecule has 0 aliphatic carbocycles. The van der Waals surface area contributed by atoms with Gasteiger partial charge in [-0.3, -0.25) is 0 Å². The number of ether oxygens (including phenoxy) is 1. The summed E-state index contributed by atoms with van der Waals surface area (Å²) in [6.45, 7) is 2.47. The molecule has 18 heavy (non-hydrogen) atoms. The van der Waals surface area contributed by atoms with E-state index in [2.05, 4.69) is 10.5 Å². The predicted octanol–water partition coefficient (Wildman–Crippen LogP) is 1.07. The van der Waals surface area contributed by atoms with Crippen molar-refractivity contribution < 1.29 is 23.1 Å². The van der Waals surface area contributed by atoms with E-state index in [1.807, 2.05) is 6.92 Å². The Kier molecular flexibility index (Phi) is 4.80. The zero-order valence-corrected chi connectivity index (χ0v) is 10.1. The van der Waals surface area contributed by atoms with Crippen molar-refractivity contribution in [2.24, 2.45) is 16.8 Å². The molecule has 0 aromatic heterocycles. The van der Waals surface area contributed by atoms with Crippen molar-refractivity contribution in [3.63, 3.8) is 0 Å². The van der Waals surface area contributed by atoms with Gasteiger partial charge >= 0.3 is 6.18 Å². The van der Waals surface area contributed by atoms with E-state index in [4.69, 9.17) is 15.7 Å². The summed E-state index contributed by atoms with van der Waals surface area (Å²) in [5.41, 5.74) is 4.67. The van der Waals surface area contributed by atoms with Crippen molar-refractivity contribution in [1.29, 1.82) is 0 Å². The smallest absolute Gasteiger partial charge is 0.400 e. The minimum Gasteiger partial charge on any atom is -0.409 e. The highest BCUT2D eigenvalue weighted by molar-refractivity contribution is 5.83. The Balaban J connectivity index is 2.62. The third-order valence-corrected chi connectivity index (χ3v) is 3.20. The van der Waals surface area contributed by atoms with Crippen LogP contribution in [0.4, 0.5) is 13.2 Å². The van der Waals surface area contributed by atoms with Gasteiger partial charge in [0.1, 0.15) is 5.92 Å². The largest absolute Gasteiger partial charge is 0.409 e. The molecule has 0 bridgehead atoms. The zero-order valence-electron chi connectivity index (χ0n) is 10.1. The van der Waals surface area contributed by atoms with Crippen LogP contribution < -0.4 is 11.1 Å². The van der Waals surface area contributed by atoms with Crippen molar-refractivity contribution in [2.45, 2.75) is 31.5 Å². The second-order valence-corrected chi connectivity index (χ2v) is 4.67. The van der Waals surface area contributed by atoms with Gasteiger partial charge in [0, 0.05) is 25.3 Å². The van der Waals surface area contributed by atoms with E-state index in [1.54, 1.807) is 0 Å². The fraction of sp³-hybridized carbons (Fsp3) is 0.900. The van der Waals surface area contributed by atoms with Crippen molar-refractivity contribution in [1.82, 2.24) is 5.32 Å². The topological polar surface area (TPSA) is 79.9 Å². The molecule has 5 nitrogen and oxygen atoms in total. The first-order valence-corrected chi connectivity index (χ1v) is 5.65. The van der Waals surface area contributed by atoms with Gasteiger partial charge in [0.25, 0.3) is 0 Å². The van der Waals surface area contributed by atoms with Crippen molar-refractivity contribution in [3.8, 4) is 0 Å². The lowest BCUT2D eigenvalue weighted by Gasteiger charge is -2.36. The summed E-state index contributed by atoms with van der Waals surface area (Å²) < 4.78 is 43.3. The zero-order chi connectivity index (χ0) is 13.8. The number of alkyl halides is 3. The SMILES string of the molecule is CC1(NCC(C(N)=NO)C(F)(F)F)CCOCC1. The molecule has 0 radical (unpaired) electrons. The average Bonchev–Trinajstić information content (AvgIpc) is 2.28. The van der Waals surface area contributed by atoms with E-state index in [1.165, 1.54) is 0 Å². The molecule has 0 aromatic rings. The highest BCUT2D eigenvalue weighted by atomic mass is 19.4. The van der Waals surface area contributed by atoms with Gasteiger partial charge in [-0.2, -0.15) is 13.2 Å². The highest BCUT2D eigenvalue weighted by Crippen LogP contribution is 2.27. The highest BCUT2D eigenvalue weighted by Gasteiger charge is 2.43. The standard InChI is InChI=1S/C10H18F3N3O2/c1-9(2-4-18-5-3-9)15-6-7(8(14)16-17)10(11,12)13/h7,15,17H,2-6H2,1H3,(H2,14,16). The number of nitrogens with zero attached hydrogens (tertiary/aromatic N) is 1. The van der Waals surface area contributed by atoms with Crippen LogP contribution in [-0.2, 0) is 4.74 Å². The summed E-state index contributed by atoms with van der Waals surface area (Å²) in [6.07, 6.45) is -3.27. The van der Waals surface area contributed by atoms with Crippen LogP contribution in [0.3, 0.4) is 0 Å².